The number of hydrogen-bond acceptors (Lipinski definition) is 1. The van der Waals surface area contributed by atoms with Crippen LogP contribution in [-0.2, 0) is 0 Å². The van der Waals surface area contributed by atoms with Gasteiger partial charge in [-0.3, -0.25) is 0 Å². The van der Waals surface area contributed by atoms with Crippen LogP contribution >= 0.6 is 0 Å². The Morgan fingerprint density at radius 3 is 2.33 bits per heavy atom. The molecule has 2 unspecified atom stereocenters. The Bertz CT molecular complexity index is 170. The van der Waals surface area contributed by atoms with E-state index in [2.05, 4.69) is 38.2 Å². The Kier molecular flexibility index (Phi) is 2.94. The fourth-order valence-electron chi connectivity index (χ4n) is 2.17. The van der Waals surface area contributed by atoms with Gasteiger partial charge < -0.3 is 5.32 Å². The lowest BCUT2D eigenvalue weighted by Crippen LogP contribution is -2.44. The molecule has 0 radical (unpaired) electrons. The van der Waals surface area contributed by atoms with Gasteiger partial charge >= 0.3 is 0 Å². The first-order chi connectivity index (χ1) is 5.61. The third-order valence-electron chi connectivity index (χ3n) is 3.04. The largest absolute Gasteiger partial charge is 0.313 e. The molecule has 1 rings (SSSR count). The molecular weight excluding hydrogens is 146 g/mol. The van der Waals surface area contributed by atoms with Crippen LogP contribution in [0, 0.1) is 11.3 Å². The second-order valence-electron chi connectivity index (χ2n) is 4.46. The van der Waals surface area contributed by atoms with E-state index in [1.165, 1.54) is 12.8 Å². The molecule has 0 bridgehead atoms. The van der Waals surface area contributed by atoms with Crippen LogP contribution in [0.2, 0.25) is 0 Å². The van der Waals surface area contributed by atoms with Crippen LogP contribution in [0.1, 0.15) is 33.6 Å². The van der Waals surface area contributed by atoms with E-state index in [-0.39, 0.29) is 0 Å². The van der Waals surface area contributed by atoms with Crippen molar-refractivity contribution in [3.05, 3.63) is 12.2 Å². The summed E-state index contributed by atoms with van der Waals surface area (Å²) in [5.41, 5.74) is 0.469. The van der Waals surface area contributed by atoms with Gasteiger partial charge in [-0.2, -0.15) is 0 Å². The fraction of sp³-hybridized carbons (Fsp3) is 0.818. The number of hydrogen-bond donors (Lipinski definition) is 1. The summed E-state index contributed by atoms with van der Waals surface area (Å²) < 4.78 is 0. The highest BCUT2D eigenvalue weighted by atomic mass is 14.9. The zero-order valence-corrected chi connectivity index (χ0v) is 8.72. The quantitative estimate of drug-likeness (QED) is 0.635. The predicted molar refractivity (Wildman–Crippen MR) is 54.2 cm³/mol. The molecule has 1 N–H and O–H groups in total. The van der Waals surface area contributed by atoms with Crippen LogP contribution in [-0.4, -0.2) is 13.1 Å². The Morgan fingerprint density at radius 1 is 1.33 bits per heavy atom. The lowest BCUT2D eigenvalue weighted by Gasteiger charge is -2.41. The van der Waals surface area contributed by atoms with Gasteiger partial charge in [-0.15, -0.1) is 0 Å². The first kappa shape index (κ1) is 9.79. The van der Waals surface area contributed by atoms with Crippen molar-refractivity contribution in [1.82, 2.24) is 5.32 Å². The van der Waals surface area contributed by atoms with Crippen molar-refractivity contribution in [1.29, 1.82) is 0 Å². The second-order valence-corrected chi connectivity index (χ2v) is 4.46. The fourth-order valence-corrected chi connectivity index (χ4v) is 2.17. The Balaban J connectivity index is 2.52. The maximum absolute atomic E-state index is 3.33. The summed E-state index contributed by atoms with van der Waals surface area (Å²) in [7, 11) is 2.04. The van der Waals surface area contributed by atoms with E-state index in [0.717, 1.165) is 5.92 Å². The van der Waals surface area contributed by atoms with Gasteiger partial charge in [0.05, 0.1) is 0 Å². The molecule has 0 spiro atoms. The minimum atomic E-state index is 0.469. The molecule has 0 fully saturated rings. The highest BCUT2D eigenvalue weighted by Crippen LogP contribution is 2.39. The molecular formula is C11H21N. The maximum Gasteiger partial charge on any atom is 0.0315 e. The van der Waals surface area contributed by atoms with Crippen molar-refractivity contribution in [3.63, 3.8) is 0 Å². The molecule has 12 heavy (non-hydrogen) atoms. The molecule has 0 aromatic rings. The van der Waals surface area contributed by atoms with Gasteiger partial charge in [0, 0.05) is 12.0 Å². The average molecular weight is 167 g/mol. The van der Waals surface area contributed by atoms with Gasteiger partial charge in [-0.1, -0.05) is 39.3 Å². The highest BCUT2D eigenvalue weighted by molar-refractivity contribution is 5.17. The van der Waals surface area contributed by atoms with Gasteiger partial charge in [0.15, 0.2) is 0 Å². The van der Waals surface area contributed by atoms with Crippen LogP contribution in [0.4, 0.5) is 0 Å². The van der Waals surface area contributed by atoms with Gasteiger partial charge in [0.1, 0.15) is 0 Å². The monoisotopic (exact) mass is 167 g/mol. The summed E-state index contributed by atoms with van der Waals surface area (Å²) in [6, 6.07) is 0.617. The second kappa shape index (κ2) is 3.61. The molecule has 0 aromatic carbocycles. The van der Waals surface area contributed by atoms with E-state index in [4.69, 9.17) is 0 Å². The molecule has 1 aliphatic rings. The summed E-state index contributed by atoms with van der Waals surface area (Å²) >= 11 is 0. The van der Waals surface area contributed by atoms with Crippen LogP contribution in [0.25, 0.3) is 0 Å². The molecule has 0 aromatic heterocycles. The molecule has 0 saturated heterocycles. The van der Waals surface area contributed by atoms with Gasteiger partial charge in [0.25, 0.3) is 0 Å². The standard InChI is InChI=1S/C11H21N/c1-5-8-11(2,3)9-6-7-10(9)12-4/h6-7,9-10,12H,5,8H2,1-4H3. The summed E-state index contributed by atoms with van der Waals surface area (Å²) in [5.74, 6) is 0.738. The van der Waals surface area contributed by atoms with Gasteiger partial charge in [0.2, 0.25) is 0 Å². The van der Waals surface area contributed by atoms with E-state index in [9.17, 15) is 0 Å². The van der Waals surface area contributed by atoms with Crippen LogP contribution in [0.15, 0.2) is 12.2 Å². The predicted octanol–water partition coefficient (Wildman–Crippen LogP) is 2.59. The third-order valence-corrected chi connectivity index (χ3v) is 3.04. The number of rotatable bonds is 4. The van der Waals surface area contributed by atoms with Crippen molar-refractivity contribution in [2.24, 2.45) is 11.3 Å². The Hall–Kier alpha value is -0.300. The minimum Gasteiger partial charge on any atom is -0.313 e. The Morgan fingerprint density at radius 2 is 2.00 bits per heavy atom. The van der Waals surface area contributed by atoms with Crippen molar-refractivity contribution < 1.29 is 0 Å². The zero-order chi connectivity index (χ0) is 9.19. The first-order valence-corrected chi connectivity index (χ1v) is 4.97. The molecule has 70 valence electrons. The first-order valence-electron chi connectivity index (χ1n) is 4.97. The van der Waals surface area contributed by atoms with Crippen molar-refractivity contribution in [3.8, 4) is 0 Å². The highest BCUT2D eigenvalue weighted by Gasteiger charge is 2.35. The molecule has 0 heterocycles. The summed E-state index contributed by atoms with van der Waals surface area (Å²) in [6.45, 7) is 7.00. The smallest absolute Gasteiger partial charge is 0.0315 e. The topological polar surface area (TPSA) is 12.0 Å². The number of nitrogens with one attached hydrogen (secondary N) is 1. The summed E-state index contributed by atoms with van der Waals surface area (Å²) in [4.78, 5) is 0. The van der Waals surface area contributed by atoms with E-state index < -0.39 is 0 Å². The van der Waals surface area contributed by atoms with Crippen LogP contribution < -0.4 is 5.32 Å². The molecule has 1 heteroatoms. The van der Waals surface area contributed by atoms with E-state index in [1.54, 1.807) is 0 Å². The lowest BCUT2D eigenvalue weighted by molar-refractivity contribution is 0.190. The SMILES string of the molecule is CCCC(C)(C)C1C=CC1NC. The summed E-state index contributed by atoms with van der Waals surface area (Å²) in [5, 5.41) is 3.33. The average Bonchev–Trinajstić information content (AvgIpc) is 1.83. The molecule has 2 atom stereocenters. The van der Waals surface area contributed by atoms with Gasteiger partial charge in [-0.05, 0) is 18.9 Å². The molecule has 1 nitrogen and oxygen atoms in total. The van der Waals surface area contributed by atoms with Crippen LogP contribution in [0.3, 0.4) is 0 Å². The van der Waals surface area contributed by atoms with Crippen molar-refractivity contribution in [2.45, 2.75) is 39.7 Å². The van der Waals surface area contributed by atoms with E-state index >= 15 is 0 Å². The minimum absolute atomic E-state index is 0.469. The van der Waals surface area contributed by atoms with Gasteiger partial charge in [-0.25, -0.2) is 0 Å². The third kappa shape index (κ3) is 1.71. The lowest BCUT2D eigenvalue weighted by atomic mass is 9.67. The molecule has 0 saturated carbocycles. The molecule has 0 aliphatic heterocycles. The van der Waals surface area contributed by atoms with Crippen LogP contribution in [0.5, 0.6) is 0 Å². The molecule has 1 aliphatic carbocycles. The maximum atomic E-state index is 3.33. The number of likely N-dealkylation sites (N-methyl/N-ethyl adjacent to an activating group) is 1. The van der Waals surface area contributed by atoms with E-state index in [0.29, 0.717) is 11.5 Å². The zero-order valence-electron chi connectivity index (χ0n) is 8.72. The van der Waals surface area contributed by atoms with Crippen molar-refractivity contribution in [2.75, 3.05) is 7.05 Å². The summed E-state index contributed by atoms with van der Waals surface area (Å²) in [6.07, 6.45) is 7.22. The normalized spacial score (nSPS) is 28.7. The molecule has 0 amide bonds. The Labute approximate surface area is 76.2 Å². The van der Waals surface area contributed by atoms with Crippen molar-refractivity contribution >= 4 is 0 Å². The van der Waals surface area contributed by atoms with E-state index in [1.807, 2.05) is 7.05 Å².